The van der Waals surface area contributed by atoms with Gasteiger partial charge < -0.3 is 9.47 Å². The second-order valence-electron chi connectivity index (χ2n) is 10.2. The van der Waals surface area contributed by atoms with Crippen LogP contribution < -0.4 is 19.3 Å². The van der Waals surface area contributed by atoms with E-state index in [1.54, 1.807) is 0 Å². The summed E-state index contributed by atoms with van der Waals surface area (Å²) in [5, 5.41) is 0. The van der Waals surface area contributed by atoms with E-state index in [0.717, 1.165) is 33.9 Å². The zero-order valence-corrected chi connectivity index (χ0v) is 22.2. The van der Waals surface area contributed by atoms with E-state index in [1.165, 1.54) is 11.1 Å². The molecular formula is C37H26N2O2. The smallest absolute Gasteiger partial charge is 0.413 e. The molecule has 4 nitrogen and oxygen atoms in total. The normalized spacial score (nSPS) is 14.3. The molecule has 0 N–H and O–H groups in total. The summed E-state index contributed by atoms with van der Waals surface area (Å²) in [6.45, 7) is 0. The summed E-state index contributed by atoms with van der Waals surface area (Å²) in [6, 6.07) is 52.9. The highest BCUT2D eigenvalue weighted by atomic mass is 16.8. The molecule has 0 saturated carbocycles. The van der Waals surface area contributed by atoms with E-state index in [1.807, 2.05) is 36.4 Å². The molecule has 0 fully saturated rings. The summed E-state index contributed by atoms with van der Waals surface area (Å²) in [5.74, 6) is 1.41. The number of anilines is 4. The first kappa shape index (κ1) is 23.4. The Labute approximate surface area is 239 Å². The highest BCUT2D eigenvalue weighted by molar-refractivity contribution is 5.90. The average Bonchev–Trinajstić information content (AvgIpc) is 3.56. The number of rotatable bonds is 4. The largest absolute Gasteiger partial charge is 0.444 e. The van der Waals surface area contributed by atoms with Crippen LogP contribution in [-0.4, -0.2) is 6.03 Å². The minimum Gasteiger partial charge on any atom is -0.413 e. The van der Waals surface area contributed by atoms with E-state index < -0.39 is 6.03 Å². The van der Waals surface area contributed by atoms with Gasteiger partial charge in [0.15, 0.2) is 11.5 Å². The molecule has 0 bridgehead atoms. The molecule has 1 spiro atoms. The van der Waals surface area contributed by atoms with Crippen LogP contribution in [0.15, 0.2) is 158 Å². The Morgan fingerprint density at radius 1 is 0.341 bits per heavy atom. The van der Waals surface area contributed by atoms with Crippen molar-refractivity contribution in [1.29, 1.82) is 0 Å². The first-order chi connectivity index (χ1) is 20.3. The van der Waals surface area contributed by atoms with Crippen molar-refractivity contribution >= 4 is 22.7 Å². The Balaban J connectivity index is 1.27. The second-order valence-corrected chi connectivity index (χ2v) is 10.2. The van der Waals surface area contributed by atoms with Crippen LogP contribution in [0.1, 0.15) is 0 Å². The number of ether oxygens (including phenoxy) is 2. The molecular weight excluding hydrogens is 504 g/mol. The predicted molar refractivity (Wildman–Crippen MR) is 165 cm³/mol. The van der Waals surface area contributed by atoms with E-state index in [-0.39, 0.29) is 0 Å². The van der Waals surface area contributed by atoms with Crippen LogP contribution in [0.3, 0.4) is 0 Å². The lowest BCUT2D eigenvalue weighted by molar-refractivity contribution is -0.0592. The Bertz CT molecular complexity index is 1700. The van der Waals surface area contributed by atoms with Crippen molar-refractivity contribution in [2.75, 3.05) is 9.80 Å². The first-order valence-corrected chi connectivity index (χ1v) is 13.8. The highest BCUT2D eigenvalue weighted by Gasteiger charge is 2.60. The van der Waals surface area contributed by atoms with E-state index in [9.17, 15) is 0 Å². The predicted octanol–water partition coefficient (Wildman–Crippen LogP) is 9.39. The fourth-order valence-electron chi connectivity index (χ4n) is 5.83. The van der Waals surface area contributed by atoms with Crippen molar-refractivity contribution < 1.29 is 9.47 Å². The zero-order chi connectivity index (χ0) is 27.2. The molecule has 196 valence electrons. The molecule has 0 amide bonds. The highest BCUT2D eigenvalue weighted by Crippen LogP contribution is 2.57. The Kier molecular flexibility index (Phi) is 5.32. The number of fused-ring (bicyclic) bond motifs is 2. The van der Waals surface area contributed by atoms with Crippen LogP contribution in [0.25, 0.3) is 22.3 Å². The summed E-state index contributed by atoms with van der Waals surface area (Å²) < 4.78 is 13.7. The Morgan fingerprint density at radius 2 is 0.683 bits per heavy atom. The molecule has 6 aromatic carbocycles. The average molecular weight is 531 g/mol. The van der Waals surface area contributed by atoms with Gasteiger partial charge in [-0.3, -0.25) is 0 Å². The number of benzene rings is 6. The van der Waals surface area contributed by atoms with Gasteiger partial charge in [-0.05, 0) is 70.8 Å². The second kappa shape index (κ2) is 9.32. The Morgan fingerprint density at radius 3 is 1.10 bits per heavy atom. The van der Waals surface area contributed by atoms with Gasteiger partial charge in [-0.25, -0.2) is 9.80 Å². The maximum absolute atomic E-state index is 6.83. The van der Waals surface area contributed by atoms with Gasteiger partial charge in [0, 0.05) is 0 Å². The van der Waals surface area contributed by atoms with Gasteiger partial charge in [-0.2, -0.15) is 0 Å². The summed E-state index contributed by atoms with van der Waals surface area (Å²) >= 11 is 0. The van der Waals surface area contributed by atoms with Crippen LogP contribution in [0, 0.1) is 0 Å². The van der Waals surface area contributed by atoms with Gasteiger partial charge >= 0.3 is 6.03 Å². The molecule has 0 aromatic heterocycles. The Hall–Kier alpha value is -5.48. The molecule has 0 atom stereocenters. The first-order valence-electron chi connectivity index (χ1n) is 13.8. The molecule has 0 radical (unpaired) electrons. The van der Waals surface area contributed by atoms with Gasteiger partial charge in [-0.1, -0.05) is 109 Å². The maximum Gasteiger partial charge on any atom is 0.444 e. The van der Waals surface area contributed by atoms with Crippen LogP contribution >= 0.6 is 0 Å². The van der Waals surface area contributed by atoms with Gasteiger partial charge in [0.2, 0.25) is 0 Å². The van der Waals surface area contributed by atoms with Gasteiger partial charge in [0.25, 0.3) is 0 Å². The van der Waals surface area contributed by atoms with E-state index in [4.69, 9.17) is 9.47 Å². The standard InChI is InChI=1S/C37H26N2O2/c1-3-11-27(12-4-1)29-19-23-31(24-20-29)38-33-15-7-8-16-34(33)39(37(38)40-35-17-9-10-18-36(35)41-37)32-25-21-30(22-26-32)28-13-5-2-6-14-28/h1-26H. The van der Waals surface area contributed by atoms with Crippen molar-refractivity contribution in [2.45, 2.75) is 6.03 Å². The van der Waals surface area contributed by atoms with Crippen LogP contribution in [0.2, 0.25) is 0 Å². The van der Waals surface area contributed by atoms with E-state index in [0.29, 0.717) is 11.5 Å². The fourth-order valence-corrected chi connectivity index (χ4v) is 5.83. The molecule has 0 aliphatic carbocycles. The van der Waals surface area contributed by atoms with Gasteiger partial charge in [-0.15, -0.1) is 0 Å². The molecule has 8 rings (SSSR count). The summed E-state index contributed by atoms with van der Waals surface area (Å²) in [5.41, 5.74) is 8.59. The minimum absolute atomic E-state index is 0.706. The van der Waals surface area contributed by atoms with Crippen molar-refractivity contribution in [3.8, 4) is 33.8 Å². The van der Waals surface area contributed by atoms with Crippen LogP contribution in [0.4, 0.5) is 22.7 Å². The molecule has 2 heterocycles. The summed E-state index contributed by atoms with van der Waals surface area (Å²) in [6.07, 6.45) is 0. The van der Waals surface area contributed by atoms with Gasteiger partial charge in [0.05, 0.1) is 22.7 Å². The topological polar surface area (TPSA) is 24.9 Å². The third-order valence-electron chi connectivity index (χ3n) is 7.73. The van der Waals surface area contributed by atoms with Crippen LogP contribution in [-0.2, 0) is 0 Å². The van der Waals surface area contributed by atoms with Crippen molar-refractivity contribution in [2.24, 2.45) is 0 Å². The molecule has 2 aliphatic rings. The lowest BCUT2D eigenvalue weighted by Crippen LogP contribution is -2.60. The van der Waals surface area contributed by atoms with Crippen molar-refractivity contribution in [3.63, 3.8) is 0 Å². The molecule has 41 heavy (non-hydrogen) atoms. The van der Waals surface area contributed by atoms with Crippen molar-refractivity contribution in [1.82, 2.24) is 0 Å². The number of hydrogen-bond donors (Lipinski definition) is 0. The third-order valence-corrected chi connectivity index (χ3v) is 7.73. The number of nitrogens with zero attached hydrogens (tertiary/aromatic N) is 2. The lowest BCUT2D eigenvalue weighted by atomic mass is 10.1. The molecule has 6 aromatic rings. The summed E-state index contributed by atoms with van der Waals surface area (Å²) in [4.78, 5) is 4.31. The number of hydrogen-bond acceptors (Lipinski definition) is 4. The molecule has 0 unspecified atom stereocenters. The SMILES string of the molecule is c1ccc(-c2ccc(N3c4ccccc4N(c4ccc(-c5ccccc5)cc4)C34Oc3ccccc3O4)cc2)cc1. The molecule has 0 saturated heterocycles. The van der Waals surface area contributed by atoms with Crippen LogP contribution in [0.5, 0.6) is 11.5 Å². The fraction of sp³-hybridized carbons (Fsp3) is 0.0270. The molecule has 4 heteroatoms. The minimum atomic E-state index is -1.28. The monoisotopic (exact) mass is 530 g/mol. The maximum atomic E-state index is 6.83. The van der Waals surface area contributed by atoms with E-state index >= 15 is 0 Å². The zero-order valence-electron chi connectivity index (χ0n) is 22.2. The summed E-state index contributed by atoms with van der Waals surface area (Å²) in [7, 11) is 0. The number of para-hydroxylation sites is 4. The third kappa shape index (κ3) is 3.76. The quantitative estimate of drug-likeness (QED) is 0.227. The van der Waals surface area contributed by atoms with Gasteiger partial charge in [0.1, 0.15) is 0 Å². The van der Waals surface area contributed by atoms with Crippen molar-refractivity contribution in [3.05, 3.63) is 158 Å². The van der Waals surface area contributed by atoms with E-state index in [2.05, 4.69) is 131 Å². The lowest BCUT2D eigenvalue weighted by Gasteiger charge is -2.39. The molecule has 2 aliphatic heterocycles.